The fourth-order valence-corrected chi connectivity index (χ4v) is 2.40. The van der Waals surface area contributed by atoms with Crippen molar-refractivity contribution in [2.75, 3.05) is 0 Å². The molecule has 0 heterocycles. The summed E-state index contributed by atoms with van der Waals surface area (Å²) in [6, 6.07) is 12.7. The highest BCUT2D eigenvalue weighted by Crippen LogP contribution is 2.36. The Morgan fingerprint density at radius 1 is 1.14 bits per heavy atom. The van der Waals surface area contributed by atoms with Gasteiger partial charge in [-0.05, 0) is 24.3 Å². The van der Waals surface area contributed by atoms with Gasteiger partial charge in [0.2, 0.25) is 0 Å². The maximum Gasteiger partial charge on any atom is 0.0740 e. The number of hydrogen-bond donors (Lipinski definition) is 0. The van der Waals surface area contributed by atoms with Crippen molar-refractivity contribution in [3.05, 3.63) is 35.9 Å². The van der Waals surface area contributed by atoms with Crippen LogP contribution in [0.25, 0.3) is 0 Å². The smallest absolute Gasteiger partial charge is 0.0740 e. The zero-order valence-electron chi connectivity index (χ0n) is 8.32. The average molecular weight is 185 g/mol. The molecule has 1 fully saturated rings. The van der Waals surface area contributed by atoms with Crippen LogP contribution in [-0.4, -0.2) is 0 Å². The molecule has 1 nitrogen and oxygen atoms in total. The predicted octanol–water partition coefficient (Wildman–Crippen LogP) is 3.48. The van der Waals surface area contributed by atoms with E-state index in [1.54, 1.807) is 0 Å². The maximum absolute atomic E-state index is 9.19. The van der Waals surface area contributed by atoms with Crippen molar-refractivity contribution < 1.29 is 0 Å². The molecular formula is C13H15N. The summed E-state index contributed by atoms with van der Waals surface area (Å²) >= 11 is 0. The molecule has 14 heavy (non-hydrogen) atoms. The van der Waals surface area contributed by atoms with Crippen molar-refractivity contribution in [1.82, 2.24) is 0 Å². The van der Waals surface area contributed by atoms with Crippen LogP contribution >= 0.6 is 0 Å². The Labute approximate surface area is 85.4 Å². The molecule has 0 aromatic heterocycles. The van der Waals surface area contributed by atoms with Crippen LogP contribution in [0.2, 0.25) is 0 Å². The molecule has 0 bridgehead atoms. The maximum atomic E-state index is 9.19. The van der Waals surface area contributed by atoms with Gasteiger partial charge in [-0.15, -0.1) is 0 Å². The minimum atomic E-state index is 0.124. The highest BCUT2D eigenvalue weighted by Gasteiger charge is 2.25. The van der Waals surface area contributed by atoms with Crippen LogP contribution in [0.3, 0.4) is 0 Å². The number of nitriles is 1. The monoisotopic (exact) mass is 185 g/mol. The Bertz CT molecular complexity index is 317. The van der Waals surface area contributed by atoms with Crippen LogP contribution in [0.1, 0.15) is 37.2 Å². The molecule has 1 aromatic carbocycles. The first-order chi connectivity index (χ1) is 6.92. The molecule has 0 saturated heterocycles. The Morgan fingerprint density at radius 2 is 1.79 bits per heavy atom. The van der Waals surface area contributed by atoms with Gasteiger partial charge >= 0.3 is 0 Å². The van der Waals surface area contributed by atoms with Crippen molar-refractivity contribution in [2.24, 2.45) is 5.92 Å². The second-order valence-electron chi connectivity index (χ2n) is 4.06. The van der Waals surface area contributed by atoms with E-state index in [2.05, 4.69) is 18.2 Å². The molecule has 0 N–H and O–H groups in total. The first-order valence-electron chi connectivity index (χ1n) is 5.36. The second-order valence-corrected chi connectivity index (χ2v) is 4.06. The van der Waals surface area contributed by atoms with E-state index in [9.17, 15) is 5.26 Å². The Balaban J connectivity index is 2.18. The van der Waals surface area contributed by atoms with Gasteiger partial charge in [-0.2, -0.15) is 5.26 Å². The molecule has 2 rings (SSSR count). The largest absolute Gasteiger partial charge is 0.198 e. The molecule has 1 saturated carbocycles. The summed E-state index contributed by atoms with van der Waals surface area (Å²) in [5.41, 5.74) is 1.20. The second kappa shape index (κ2) is 4.28. The molecule has 0 radical (unpaired) electrons. The van der Waals surface area contributed by atoms with Gasteiger partial charge in [-0.3, -0.25) is 0 Å². The average Bonchev–Trinajstić information content (AvgIpc) is 2.74. The predicted molar refractivity (Wildman–Crippen MR) is 56.8 cm³/mol. The summed E-state index contributed by atoms with van der Waals surface area (Å²) in [4.78, 5) is 0. The topological polar surface area (TPSA) is 23.8 Å². The lowest BCUT2D eigenvalue weighted by atomic mass is 9.86. The van der Waals surface area contributed by atoms with Gasteiger partial charge in [-0.1, -0.05) is 43.2 Å². The van der Waals surface area contributed by atoms with Gasteiger partial charge < -0.3 is 0 Å². The van der Waals surface area contributed by atoms with E-state index in [1.165, 1.54) is 31.2 Å². The number of nitrogens with zero attached hydrogens (tertiary/aromatic N) is 1. The third-order valence-corrected chi connectivity index (χ3v) is 3.17. The molecule has 1 heteroatoms. The highest BCUT2D eigenvalue weighted by atomic mass is 14.3. The van der Waals surface area contributed by atoms with Gasteiger partial charge in [-0.25, -0.2) is 0 Å². The minimum absolute atomic E-state index is 0.124. The molecule has 0 spiro atoms. The number of rotatable bonds is 2. The molecule has 72 valence electrons. The molecule has 0 amide bonds. The molecule has 1 aliphatic rings. The van der Waals surface area contributed by atoms with Crippen molar-refractivity contribution in [1.29, 1.82) is 5.26 Å². The summed E-state index contributed by atoms with van der Waals surface area (Å²) in [7, 11) is 0. The zero-order chi connectivity index (χ0) is 9.80. The van der Waals surface area contributed by atoms with Crippen LogP contribution in [0.4, 0.5) is 0 Å². The first-order valence-corrected chi connectivity index (χ1v) is 5.36. The van der Waals surface area contributed by atoms with Crippen molar-refractivity contribution >= 4 is 0 Å². The van der Waals surface area contributed by atoms with E-state index in [4.69, 9.17) is 0 Å². The first kappa shape index (κ1) is 9.27. The van der Waals surface area contributed by atoms with Crippen LogP contribution in [-0.2, 0) is 0 Å². The third kappa shape index (κ3) is 1.80. The normalized spacial score (nSPS) is 19.1. The van der Waals surface area contributed by atoms with E-state index >= 15 is 0 Å². The Kier molecular flexibility index (Phi) is 2.84. The lowest BCUT2D eigenvalue weighted by molar-refractivity contribution is 0.501. The van der Waals surface area contributed by atoms with Crippen LogP contribution < -0.4 is 0 Å². The van der Waals surface area contributed by atoms with Gasteiger partial charge in [0.25, 0.3) is 0 Å². The summed E-state index contributed by atoms with van der Waals surface area (Å²) in [6.45, 7) is 0. The van der Waals surface area contributed by atoms with E-state index in [0.29, 0.717) is 5.92 Å². The quantitative estimate of drug-likeness (QED) is 0.692. The van der Waals surface area contributed by atoms with Crippen LogP contribution in [0, 0.1) is 17.2 Å². The molecule has 1 atom stereocenters. The van der Waals surface area contributed by atoms with Gasteiger partial charge in [0, 0.05) is 0 Å². The molecular weight excluding hydrogens is 170 g/mol. The summed E-state index contributed by atoms with van der Waals surface area (Å²) in [5, 5.41) is 9.19. The number of hydrogen-bond acceptors (Lipinski definition) is 1. The lowest BCUT2D eigenvalue weighted by Gasteiger charge is -2.16. The highest BCUT2D eigenvalue weighted by molar-refractivity contribution is 5.25. The molecule has 0 unspecified atom stereocenters. The standard InChI is InChI=1S/C13H15N/c14-10-13(12-8-4-5-9-12)11-6-2-1-3-7-11/h1-3,6-7,12-13H,4-5,8-9H2/t13-/m0/s1. The minimum Gasteiger partial charge on any atom is -0.198 e. The SMILES string of the molecule is N#C[C@@H](c1ccccc1)C1CCCC1. The van der Waals surface area contributed by atoms with Gasteiger partial charge in [0.05, 0.1) is 12.0 Å². The lowest BCUT2D eigenvalue weighted by Crippen LogP contribution is -2.07. The summed E-state index contributed by atoms with van der Waals surface area (Å²) < 4.78 is 0. The van der Waals surface area contributed by atoms with Crippen molar-refractivity contribution in [3.63, 3.8) is 0 Å². The van der Waals surface area contributed by atoms with Gasteiger partial charge in [0.15, 0.2) is 0 Å². The summed E-state index contributed by atoms with van der Waals surface area (Å²) in [5.74, 6) is 0.723. The fraction of sp³-hybridized carbons (Fsp3) is 0.462. The van der Waals surface area contributed by atoms with Crippen molar-refractivity contribution in [2.45, 2.75) is 31.6 Å². The molecule has 1 aromatic rings. The Hall–Kier alpha value is -1.29. The van der Waals surface area contributed by atoms with E-state index in [0.717, 1.165) is 0 Å². The summed E-state index contributed by atoms with van der Waals surface area (Å²) in [6.07, 6.45) is 5.06. The van der Waals surface area contributed by atoms with E-state index < -0.39 is 0 Å². The van der Waals surface area contributed by atoms with Crippen LogP contribution in [0.15, 0.2) is 30.3 Å². The fourth-order valence-electron chi connectivity index (χ4n) is 2.40. The van der Waals surface area contributed by atoms with Gasteiger partial charge in [0.1, 0.15) is 0 Å². The van der Waals surface area contributed by atoms with E-state index in [-0.39, 0.29) is 5.92 Å². The zero-order valence-corrected chi connectivity index (χ0v) is 8.32. The number of benzene rings is 1. The molecule has 1 aliphatic carbocycles. The third-order valence-electron chi connectivity index (χ3n) is 3.17. The van der Waals surface area contributed by atoms with E-state index in [1.807, 2.05) is 18.2 Å². The van der Waals surface area contributed by atoms with Crippen LogP contribution in [0.5, 0.6) is 0 Å². The Morgan fingerprint density at radius 3 is 2.36 bits per heavy atom. The van der Waals surface area contributed by atoms with Crippen molar-refractivity contribution in [3.8, 4) is 6.07 Å². The molecule has 0 aliphatic heterocycles.